The number of amides is 1. The average Bonchev–Trinajstić information content (AvgIpc) is 2.46. The van der Waals surface area contributed by atoms with Gasteiger partial charge in [-0.1, -0.05) is 23.2 Å². The van der Waals surface area contributed by atoms with E-state index in [4.69, 9.17) is 27.9 Å². The van der Waals surface area contributed by atoms with Crippen LogP contribution < -0.4 is 10.1 Å². The number of ether oxygens (including phenoxy) is 1. The van der Waals surface area contributed by atoms with Crippen molar-refractivity contribution in [3.8, 4) is 5.75 Å². The molecule has 0 heterocycles. The predicted octanol–water partition coefficient (Wildman–Crippen LogP) is 4.60. The van der Waals surface area contributed by atoms with Crippen molar-refractivity contribution in [1.82, 2.24) is 0 Å². The maximum absolute atomic E-state index is 12.1. The van der Waals surface area contributed by atoms with E-state index in [1.807, 2.05) is 0 Å². The molecule has 0 aliphatic heterocycles. The number of nitrogens with one attached hydrogen (secondary N) is 1. The van der Waals surface area contributed by atoms with Crippen molar-refractivity contribution < 1.29 is 14.3 Å². The molecule has 1 amide bonds. The van der Waals surface area contributed by atoms with E-state index in [-0.39, 0.29) is 11.7 Å². The van der Waals surface area contributed by atoms with Gasteiger partial charge < -0.3 is 10.1 Å². The highest BCUT2D eigenvalue weighted by molar-refractivity contribution is 6.35. The van der Waals surface area contributed by atoms with Crippen LogP contribution in [0, 0.1) is 0 Å². The lowest BCUT2D eigenvalue weighted by atomic mass is 10.1. The molecule has 2 aromatic rings. The van der Waals surface area contributed by atoms with Crippen LogP contribution in [0.25, 0.3) is 0 Å². The monoisotopic (exact) mass is 351 g/mol. The first-order chi connectivity index (χ1) is 10.8. The third kappa shape index (κ3) is 4.98. The van der Waals surface area contributed by atoms with Crippen molar-refractivity contribution in [2.24, 2.45) is 0 Å². The van der Waals surface area contributed by atoms with E-state index in [0.29, 0.717) is 27.0 Å². The molecule has 0 saturated carbocycles. The first-order valence-corrected chi connectivity index (χ1v) is 7.65. The van der Waals surface area contributed by atoms with Crippen LogP contribution in [0.15, 0.2) is 42.5 Å². The fraction of sp³-hybridized carbons (Fsp3) is 0.176. The lowest BCUT2D eigenvalue weighted by molar-refractivity contribution is -0.122. The summed E-state index contributed by atoms with van der Waals surface area (Å²) in [6, 6.07) is 11.4. The van der Waals surface area contributed by atoms with Crippen molar-refractivity contribution in [3.05, 3.63) is 58.1 Å². The normalized spacial score (nSPS) is 11.7. The van der Waals surface area contributed by atoms with Gasteiger partial charge in [0, 0.05) is 21.3 Å². The molecule has 0 spiro atoms. The topological polar surface area (TPSA) is 55.4 Å². The molecule has 23 heavy (non-hydrogen) atoms. The van der Waals surface area contributed by atoms with E-state index in [0.717, 1.165) is 0 Å². The van der Waals surface area contributed by atoms with Crippen molar-refractivity contribution >= 4 is 40.6 Å². The summed E-state index contributed by atoms with van der Waals surface area (Å²) in [5.74, 6) is 0.140. The number of anilines is 1. The zero-order valence-electron chi connectivity index (χ0n) is 12.6. The average molecular weight is 352 g/mol. The Bertz CT molecular complexity index is 709. The molecule has 2 rings (SSSR count). The van der Waals surface area contributed by atoms with Crippen LogP contribution in [-0.4, -0.2) is 17.8 Å². The lowest BCUT2D eigenvalue weighted by Gasteiger charge is -2.15. The Labute approximate surface area is 144 Å². The minimum atomic E-state index is -0.726. The second-order valence-corrected chi connectivity index (χ2v) is 5.86. The highest BCUT2D eigenvalue weighted by atomic mass is 35.5. The number of ketones is 1. The van der Waals surface area contributed by atoms with Gasteiger partial charge in [0.1, 0.15) is 5.75 Å². The molecular weight excluding hydrogens is 337 g/mol. The molecule has 120 valence electrons. The number of hydrogen-bond acceptors (Lipinski definition) is 3. The standard InChI is InChI=1S/C17H15Cl2NO3/c1-10(21)12-3-5-16(6-4-12)23-11(2)17(22)20-15-8-13(18)7-14(19)9-15/h3-9,11H,1-2H3,(H,20,22)/t11-/m1/s1. The molecule has 0 aromatic heterocycles. The van der Waals surface area contributed by atoms with Gasteiger partial charge >= 0.3 is 0 Å². The molecule has 0 bridgehead atoms. The van der Waals surface area contributed by atoms with Crippen LogP contribution in [0.5, 0.6) is 5.75 Å². The van der Waals surface area contributed by atoms with E-state index in [1.165, 1.54) is 6.92 Å². The SMILES string of the molecule is CC(=O)c1ccc(O[C@H](C)C(=O)Nc2cc(Cl)cc(Cl)c2)cc1. The number of benzene rings is 2. The molecule has 2 aromatic carbocycles. The highest BCUT2D eigenvalue weighted by Gasteiger charge is 2.15. The Hall–Kier alpha value is -2.04. The lowest BCUT2D eigenvalue weighted by Crippen LogP contribution is -2.30. The number of rotatable bonds is 5. The number of carbonyl (C=O) groups is 2. The molecule has 4 nitrogen and oxygen atoms in total. The van der Waals surface area contributed by atoms with Gasteiger partial charge in [0.15, 0.2) is 11.9 Å². The zero-order chi connectivity index (χ0) is 17.0. The van der Waals surface area contributed by atoms with Crippen LogP contribution in [0.1, 0.15) is 24.2 Å². The van der Waals surface area contributed by atoms with Crippen molar-refractivity contribution in [3.63, 3.8) is 0 Å². The highest BCUT2D eigenvalue weighted by Crippen LogP contribution is 2.23. The number of hydrogen-bond donors (Lipinski definition) is 1. The molecular formula is C17H15Cl2NO3. The van der Waals surface area contributed by atoms with Gasteiger partial charge in [-0.05, 0) is 56.3 Å². The first kappa shape index (κ1) is 17.3. The zero-order valence-corrected chi connectivity index (χ0v) is 14.1. The van der Waals surface area contributed by atoms with Gasteiger partial charge in [-0.15, -0.1) is 0 Å². The van der Waals surface area contributed by atoms with Crippen molar-refractivity contribution in [1.29, 1.82) is 0 Å². The van der Waals surface area contributed by atoms with Crippen LogP contribution in [0.4, 0.5) is 5.69 Å². The molecule has 0 fully saturated rings. The second kappa shape index (κ2) is 7.49. The Morgan fingerprint density at radius 2 is 1.61 bits per heavy atom. The Balaban J connectivity index is 2.00. The third-order valence-electron chi connectivity index (χ3n) is 3.07. The van der Waals surface area contributed by atoms with E-state index in [1.54, 1.807) is 49.4 Å². The van der Waals surface area contributed by atoms with Gasteiger partial charge in [-0.2, -0.15) is 0 Å². The van der Waals surface area contributed by atoms with E-state index >= 15 is 0 Å². The van der Waals surface area contributed by atoms with E-state index in [2.05, 4.69) is 5.32 Å². The summed E-state index contributed by atoms with van der Waals surface area (Å²) in [5.41, 5.74) is 1.08. The summed E-state index contributed by atoms with van der Waals surface area (Å²) in [7, 11) is 0. The maximum Gasteiger partial charge on any atom is 0.265 e. The molecule has 1 N–H and O–H groups in total. The van der Waals surface area contributed by atoms with Crippen molar-refractivity contribution in [2.75, 3.05) is 5.32 Å². The van der Waals surface area contributed by atoms with Crippen molar-refractivity contribution in [2.45, 2.75) is 20.0 Å². The van der Waals surface area contributed by atoms with E-state index < -0.39 is 6.10 Å². The molecule has 1 atom stereocenters. The fourth-order valence-corrected chi connectivity index (χ4v) is 2.42. The maximum atomic E-state index is 12.1. The van der Waals surface area contributed by atoms with Crippen LogP contribution in [0.2, 0.25) is 10.0 Å². The van der Waals surface area contributed by atoms with Gasteiger partial charge in [0.2, 0.25) is 0 Å². The predicted molar refractivity (Wildman–Crippen MR) is 91.6 cm³/mol. The van der Waals surface area contributed by atoms with Gasteiger partial charge in [0.05, 0.1) is 0 Å². The van der Waals surface area contributed by atoms with Gasteiger partial charge in [-0.3, -0.25) is 9.59 Å². The van der Waals surface area contributed by atoms with Crippen LogP contribution in [0.3, 0.4) is 0 Å². The second-order valence-electron chi connectivity index (χ2n) is 4.99. The summed E-state index contributed by atoms with van der Waals surface area (Å²) in [4.78, 5) is 23.4. The Morgan fingerprint density at radius 3 is 2.13 bits per heavy atom. The fourth-order valence-electron chi connectivity index (χ4n) is 1.90. The molecule has 0 radical (unpaired) electrons. The Kier molecular flexibility index (Phi) is 5.64. The molecule has 6 heteroatoms. The van der Waals surface area contributed by atoms with Gasteiger partial charge in [0.25, 0.3) is 5.91 Å². The van der Waals surface area contributed by atoms with Crippen LogP contribution in [-0.2, 0) is 4.79 Å². The molecule has 0 unspecified atom stereocenters. The molecule has 0 aliphatic rings. The number of carbonyl (C=O) groups excluding carboxylic acids is 2. The first-order valence-electron chi connectivity index (χ1n) is 6.90. The smallest absolute Gasteiger partial charge is 0.265 e. The van der Waals surface area contributed by atoms with Crippen LogP contribution >= 0.6 is 23.2 Å². The largest absolute Gasteiger partial charge is 0.481 e. The minimum absolute atomic E-state index is 0.0276. The molecule has 0 aliphatic carbocycles. The Morgan fingerprint density at radius 1 is 1.04 bits per heavy atom. The molecule has 0 saturated heterocycles. The summed E-state index contributed by atoms with van der Waals surface area (Å²) in [6.07, 6.45) is -0.726. The summed E-state index contributed by atoms with van der Waals surface area (Å²) < 4.78 is 5.55. The summed E-state index contributed by atoms with van der Waals surface area (Å²) in [6.45, 7) is 3.11. The quantitative estimate of drug-likeness (QED) is 0.800. The summed E-state index contributed by atoms with van der Waals surface area (Å²) >= 11 is 11.8. The summed E-state index contributed by atoms with van der Waals surface area (Å²) in [5, 5.41) is 3.55. The van der Waals surface area contributed by atoms with Gasteiger partial charge in [-0.25, -0.2) is 0 Å². The minimum Gasteiger partial charge on any atom is -0.481 e. The third-order valence-corrected chi connectivity index (χ3v) is 3.51. The van der Waals surface area contributed by atoms with E-state index in [9.17, 15) is 9.59 Å². The number of Topliss-reactive ketones (excluding diaryl/α,β-unsaturated/α-hetero) is 1. The number of halogens is 2.